The predicted octanol–water partition coefficient (Wildman–Crippen LogP) is 4.26. The predicted molar refractivity (Wildman–Crippen MR) is 112 cm³/mol. The Bertz CT molecular complexity index is 1220. The Labute approximate surface area is 169 Å². The number of aromatic amines is 1. The number of hydrogen-bond acceptors (Lipinski definition) is 5. The zero-order chi connectivity index (χ0) is 19.8. The third-order valence-corrected chi connectivity index (χ3v) is 5.87. The highest BCUT2D eigenvalue weighted by atomic mass is 32.2. The van der Waals surface area contributed by atoms with E-state index in [4.69, 9.17) is 4.42 Å². The van der Waals surface area contributed by atoms with Crippen LogP contribution in [0.5, 0.6) is 0 Å². The number of carbonyl (C=O) groups is 2. The van der Waals surface area contributed by atoms with Crippen LogP contribution in [0.15, 0.2) is 70.2 Å². The van der Waals surface area contributed by atoms with Crippen LogP contribution < -0.4 is 10.6 Å². The van der Waals surface area contributed by atoms with Gasteiger partial charge in [-0.15, -0.1) is 11.8 Å². The molecular formula is C21H16N4O3S. The van der Waals surface area contributed by atoms with Gasteiger partial charge >= 0.3 is 0 Å². The maximum atomic E-state index is 12.5. The lowest BCUT2D eigenvalue weighted by atomic mass is 10.2. The van der Waals surface area contributed by atoms with Crippen LogP contribution in [-0.2, 0) is 9.59 Å². The first-order valence-corrected chi connectivity index (χ1v) is 9.94. The highest BCUT2D eigenvalue weighted by molar-refractivity contribution is 8.01. The molecule has 0 radical (unpaired) electrons. The Hall–Kier alpha value is -3.52. The highest BCUT2D eigenvalue weighted by Gasteiger charge is 2.28. The topological polar surface area (TPSA) is 100 Å². The average molecular weight is 404 g/mol. The number of aromatic nitrogens is 2. The van der Waals surface area contributed by atoms with Gasteiger partial charge in [-0.05, 0) is 42.5 Å². The molecule has 29 heavy (non-hydrogen) atoms. The first-order chi connectivity index (χ1) is 14.2. The zero-order valence-corrected chi connectivity index (χ0v) is 16.0. The van der Waals surface area contributed by atoms with E-state index in [0.717, 1.165) is 21.6 Å². The zero-order valence-electron chi connectivity index (χ0n) is 15.1. The number of anilines is 2. The lowest BCUT2D eigenvalue weighted by Crippen LogP contribution is -2.32. The molecule has 0 saturated carbocycles. The minimum Gasteiger partial charge on any atom is -0.461 e. The van der Waals surface area contributed by atoms with Crippen LogP contribution in [0.4, 0.5) is 11.4 Å². The number of fused-ring (bicyclic) bond motifs is 2. The Kier molecular flexibility index (Phi) is 4.33. The summed E-state index contributed by atoms with van der Waals surface area (Å²) in [7, 11) is 0. The molecule has 0 saturated heterocycles. The minimum atomic E-state index is -0.466. The summed E-state index contributed by atoms with van der Waals surface area (Å²) in [6.07, 6.45) is 1.68. The first-order valence-electron chi connectivity index (χ1n) is 9.06. The van der Waals surface area contributed by atoms with Crippen molar-refractivity contribution in [2.45, 2.75) is 16.6 Å². The summed E-state index contributed by atoms with van der Waals surface area (Å²) >= 11 is 1.41. The molecule has 1 unspecified atom stereocenters. The van der Waals surface area contributed by atoms with E-state index < -0.39 is 5.25 Å². The lowest BCUT2D eigenvalue weighted by molar-refractivity contribution is -0.120. The smallest absolute Gasteiger partial charge is 0.238 e. The maximum absolute atomic E-state index is 12.5. The molecule has 1 atom stereocenters. The number of imidazole rings is 1. The molecule has 0 fully saturated rings. The average Bonchev–Trinajstić information content (AvgIpc) is 3.37. The van der Waals surface area contributed by atoms with Crippen molar-refractivity contribution in [1.29, 1.82) is 0 Å². The SMILES string of the molecule is O=C(CC1Sc2ccccc2NC1=O)Nc1ccc2nc(-c3ccco3)[nH]c2c1. The van der Waals surface area contributed by atoms with Crippen molar-refractivity contribution >= 4 is 46.0 Å². The summed E-state index contributed by atoms with van der Waals surface area (Å²) in [4.78, 5) is 33.5. The standard InChI is InChI=1S/C21H16N4O3S/c26-19(11-18-21(27)25-14-4-1-2-6-17(14)29-18)22-12-7-8-13-15(10-12)24-20(23-13)16-5-3-9-28-16/h1-10,18H,11H2,(H,22,26)(H,23,24)(H,25,27). The van der Waals surface area contributed by atoms with Gasteiger partial charge in [-0.2, -0.15) is 0 Å². The van der Waals surface area contributed by atoms with Crippen molar-refractivity contribution in [3.63, 3.8) is 0 Å². The molecule has 4 aromatic rings. The van der Waals surface area contributed by atoms with Crippen LogP contribution in [-0.4, -0.2) is 27.0 Å². The third-order valence-electron chi connectivity index (χ3n) is 4.60. The number of thioether (sulfide) groups is 1. The van der Waals surface area contributed by atoms with E-state index in [1.165, 1.54) is 11.8 Å². The molecule has 2 aromatic heterocycles. The van der Waals surface area contributed by atoms with Gasteiger partial charge in [-0.25, -0.2) is 4.98 Å². The number of furan rings is 1. The van der Waals surface area contributed by atoms with Crippen molar-refractivity contribution in [2.75, 3.05) is 10.6 Å². The number of nitrogens with one attached hydrogen (secondary N) is 3. The number of benzene rings is 2. The van der Waals surface area contributed by atoms with Crippen LogP contribution in [0.25, 0.3) is 22.6 Å². The second-order valence-electron chi connectivity index (χ2n) is 6.64. The van der Waals surface area contributed by atoms with Gasteiger partial charge < -0.3 is 20.0 Å². The summed E-state index contributed by atoms with van der Waals surface area (Å²) in [6, 6.07) is 16.6. The Morgan fingerprint density at radius 3 is 2.93 bits per heavy atom. The molecule has 1 aliphatic heterocycles. The van der Waals surface area contributed by atoms with Crippen molar-refractivity contribution in [1.82, 2.24) is 9.97 Å². The van der Waals surface area contributed by atoms with Gasteiger partial charge in [-0.3, -0.25) is 9.59 Å². The molecule has 0 spiro atoms. The molecular weight excluding hydrogens is 388 g/mol. The summed E-state index contributed by atoms with van der Waals surface area (Å²) < 4.78 is 5.36. The van der Waals surface area contributed by atoms with Gasteiger partial charge in [0.15, 0.2) is 11.6 Å². The molecule has 1 aliphatic rings. The maximum Gasteiger partial charge on any atom is 0.238 e. The summed E-state index contributed by atoms with van der Waals surface area (Å²) in [6.45, 7) is 0. The van der Waals surface area contributed by atoms with Crippen molar-refractivity contribution in [2.24, 2.45) is 0 Å². The number of H-pyrrole nitrogens is 1. The van der Waals surface area contributed by atoms with E-state index in [9.17, 15) is 9.59 Å². The fourth-order valence-corrected chi connectivity index (χ4v) is 4.34. The normalized spacial score (nSPS) is 15.7. The lowest BCUT2D eigenvalue weighted by Gasteiger charge is -2.23. The van der Waals surface area contributed by atoms with Crippen LogP contribution in [0.2, 0.25) is 0 Å². The molecule has 144 valence electrons. The Morgan fingerprint density at radius 1 is 1.17 bits per heavy atom. The van der Waals surface area contributed by atoms with Gasteiger partial charge in [0.25, 0.3) is 0 Å². The second-order valence-corrected chi connectivity index (χ2v) is 7.88. The second kappa shape index (κ2) is 7.14. The molecule has 3 N–H and O–H groups in total. The van der Waals surface area contributed by atoms with Gasteiger partial charge in [-0.1, -0.05) is 12.1 Å². The van der Waals surface area contributed by atoms with Crippen LogP contribution in [0.3, 0.4) is 0 Å². The fourth-order valence-electron chi connectivity index (χ4n) is 3.22. The molecule has 5 rings (SSSR count). The van der Waals surface area contributed by atoms with E-state index in [1.807, 2.05) is 42.5 Å². The molecule has 0 aliphatic carbocycles. The number of carbonyl (C=O) groups excluding carboxylic acids is 2. The number of nitrogens with zero attached hydrogens (tertiary/aromatic N) is 1. The minimum absolute atomic E-state index is 0.0868. The van der Waals surface area contributed by atoms with Crippen molar-refractivity contribution < 1.29 is 14.0 Å². The largest absolute Gasteiger partial charge is 0.461 e. The first kappa shape index (κ1) is 17.6. The van der Waals surface area contributed by atoms with Gasteiger partial charge in [0.1, 0.15) is 0 Å². The molecule has 8 heteroatoms. The molecule has 2 amide bonds. The van der Waals surface area contributed by atoms with Crippen molar-refractivity contribution in [3.8, 4) is 11.6 Å². The molecule has 7 nitrogen and oxygen atoms in total. The number of amides is 2. The summed E-state index contributed by atoms with van der Waals surface area (Å²) in [5, 5.41) is 5.26. The molecule has 2 aromatic carbocycles. The summed E-state index contributed by atoms with van der Waals surface area (Å²) in [5.74, 6) is 0.896. The highest BCUT2D eigenvalue weighted by Crippen LogP contribution is 2.36. The third kappa shape index (κ3) is 3.50. The van der Waals surface area contributed by atoms with Gasteiger partial charge in [0.2, 0.25) is 11.8 Å². The van der Waals surface area contributed by atoms with Crippen LogP contribution >= 0.6 is 11.8 Å². The number of para-hydroxylation sites is 1. The van der Waals surface area contributed by atoms with E-state index in [-0.39, 0.29) is 18.2 Å². The van der Waals surface area contributed by atoms with E-state index in [1.54, 1.807) is 18.4 Å². The van der Waals surface area contributed by atoms with Crippen LogP contribution in [0.1, 0.15) is 6.42 Å². The van der Waals surface area contributed by atoms with Crippen molar-refractivity contribution in [3.05, 3.63) is 60.9 Å². The number of rotatable bonds is 4. The fraction of sp³-hybridized carbons (Fsp3) is 0.0952. The quantitative estimate of drug-likeness (QED) is 0.472. The number of hydrogen-bond donors (Lipinski definition) is 3. The summed E-state index contributed by atoms with van der Waals surface area (Å²) in [5.41, 5.74) is 2.98. The van der Waals surface area contributed by atoms with E-state index in [2.05, 4.69) is 20.6 Å². The van der Waals surface area contributed by atoms with Gasteiger partial charge in [0.05, 0.1) is 28.2 Å². The Balaban J connectivity index is 1.29. The van der Waals surface area contributed by atoms with Crippen LogP contribution in [0, 0.1) is 0 Å². The monoisotopic (exact) mass is 404 g/mol. The van der Waals surface area contributed by atoms with E-state index >= 15 is 0 Å². The molecule has 0 bridgehead atoms. The Morgan fingerprint density at radius 2 is 2.07 bits per heavy atom. The van der Waals surface area contributed by atoms with E-state index in [0.29, 0.717) is 17.3 Å². The van der Waals surface area contributed by atoms with Gasteiger partial charge in [0, 0.05) is 17.0 Å². The molecule has 3 heterocycles.